The maximum atomic E-state index is 4.04. The minimum Gasteiger partial charge on any atom is -0.320 e. The Morgan fingerprint density at radius 3 is 1.93 bits per heavy atom. The van der Waals surface area contributed by atoms with Crippen LogP contribution in [0.15, 0.2) is 35.5 Å². The fraction of sp³-hybridized carbons (Fsp3) is 0.500. The highest BCUT2D eigenvalue weighted by atomic mass is 15.2. The molecule has 1 fully saturated rings. The number of rotatable bonds is 5. The van der Waals surface area contributed by atoms with Gasteiger partial charge in [0, 0.05) is 18.4 Å². The highest BCUT2D eigenvalue weighted by Crippen LogP contribution is 2.20. The van der Waals surface area contributed by atoms with E-state index in [-0.39, 0.29) is 0 Å². The highest BCUT2D eigenvalue weighted by molar-refractivity contribution is 5.76. The summed E-state index contributed by atoms with van der Waals surface area (Å²) in [5.74, 6) is 0. The van der Waals surface area contributed by atoms with Crippen LogP contribution in [0.3, 0.4) is 0 Å². The molecule has 0 radical (unpaired) electrons. The summed E-state index contributed by atoms with van der Waals surface area (Å²) in [6.45, 7) is 7.14. The molecule has 0 amide bonds. The summed E-state index contributed by atoms with van der Waals surface area (Å²) in [7, 11) is 0. The van der Waals surface area contributed by atoms with E-state index < -0.39 is 0 Å². The Kier molecular flexibility index (Phi) is 5.44. The third-order valence-electron chi connectivity index (χ3n) is 2.61. The molecule has 1 aliphatic carbocycles. The van der Waals surface area contributed by atoms with Gasteiger partial charge in [-0.3, -0.25) is 0 Å². The molecule has 1 rings (SSSR count). The Balaban J connectivity index is 2.60. The van der Waals surface area contributed by atoms with Crippen LogP contribution in [0.1, 0.15) is 32.1 Å². The van der Waals surface area contributed by atoms with Gasteiger partial charge in [-0.25, -0.2) is 9.98 Å². The minimum atomic E-state index is 0.533. The second-order valence-corrected chi connectivity index (χ2v) is 3.63. The molecule has 82 valence electrons. The Morgan fingerprint density at radius 1 is 0.933 bits per heavy atom. The third-order valence-corrected chi connectivity index (χ3v) is 2.61. The predicted molar refractivity (Wildman–Crippen MR) is 66.1 cm³/mol. The highest BCUT2D eigenvalue weighted by Gasteiger charge is 2.17. The van der Waals surface area contributed by atoms with Crippen LogP contribution in [-0.2, 0) is 0 Å². The molecule has 0 N–H and O–H groups in total. The molecular weight excluding hydrogens is 186 g/mol. The normalized spacial score (nSPS) is 18.4. The molecular formula is C12H19N3. The molecule has 0 heterocycles. The molecule has 0 aliphatic heterocycles. The van der Waals surface area contributed by atoms with E-state index in [0.29, 0.717) is 6.04 Å². The van der Waals surface area contributed by atoms with Crippen molar-refractivity contribution in [2.24, 2.45) is 9.98 Å². The molecule has 1 saturated carbocycles. The topological polar surface area (TPSA) is 28.0 Å². The van der Waals surface area contributed by atoms with Crippen LogP contribution in [-0.4, -0.2) is 23.6 Å². The molecule has 0 aromatic carbocycles. The standard InChI is InChI=1S/C12H19N3/c1-3-13-10-15(11-14-4-2)12-8-6-5-7-9-12/h3-4,10-12H,1-2,5-9H2. The SMILES string of the molecule is C=CN=CN(C=NC=C)C1CCCCC1. The Labute approximate surface area is 91.9 Å². The van der Waals surface area contributed by atoms with Crippen LogP contribution < -0.4 is 0 Å². The fourth-order valence-electron chi connectivity index (χ4n) is 1.85. The van der Waals surface area contributed by atoms with Gasteiger partial charge in [0.15, 0.2) is 0 Å². The molecule has 0 aromatic rings. The van der Waals surface area contributed by atoms with Gasteiger partial charge < -0.3 is 4.90 Å². The monoisotopic (exact) mass is 205 g/mol. The van der Waals surface area contributed by atoms with E-state index in [4.69, 9.17) is 0 Å². The number of nitrogens with zero attached hydrogens (tertiary/aromatic N) is 3. The fourth-order valence-corrected chi connectivity index (χ4v) is 1.85. The summed E-state index contributed by atoms with van der Waals surface area (Å²) in [6, 6.07) is 0.533. The van der Waals surface area contributed by atoms with Gasteiger partial charge in [0.05, 0.1) is 12.7 Å². The summed E-state index contributed by atoms with van der Waals surface area (Å²) < 4.78 is 0. The Morgan fingerprint density at radius 2 is 1.47 bits per heavy atom. The van der Waals surface area contributed by atoms with Crippen molar-refractivity contribution < 1.29 is 0 Å². The van der Waals surface area contributed by atoms with Crippen molar-refractivity contribution in [1.29, 1.82) is 0 Å². The van der Waals surface area contributed by atoms with Gasteiger partial charge in [-0.05, 0) is 12.8 Å². The lowest BCUT2D eigenvalue weighted by atomic mass is 9.95. The first kappa shape index (κ1) is 11.7. The number of hydrogen-bond donors (Lipinski definition) is 0. The minimum absolute atomic E-state index is 0.533. The Hall–Kier alpha value is -1.38. The predicted octanol–water partition coefficient (Wildman–Crippen LogP) is 2.96. The smallest absolute Gasteiger partial charge is 0.0958 e. The molecule has 0 unspecified atom stereocenters. The van der Waals surface area contributed by atoms with E-state index in [1.165, 1.54) is 44.5 Å². The lowest BCUT2D eigenvalue weighted by Gasteiger charge is -2.29. The Bertz CT molecular complexity index is 232. The first-order valence-corrected chi connectivity index (χ1v) is 5.44. The zero-order valence-electron chi connectivity index (χ0n) is 9.18. The summed E-state index contributed by atoms with van der Waals surface area (Å²) in [5, 5.41) is 0. The molecule has 3 heteroatoms. The summed E-state index contributed by atoms with van der Waals surface area (Å²) in [6.07, 6.45) is 13.0. The summed E-state index contributed by atoms with van der Waals surface area (Å²) in [4.78, 5) is 10.1. The van der Waals surface area contributed by atoms with E-state index in [9.17, 15) is 0 Å². The number of aliphatic imine (C=N–C) groups is 2. The molecule has 0 bridgehead atoms. The van der Waals surface area contributed by atoms with E-state index in [2.05, 4.69) is 28.0 Å². The maximum absolute atomic E-state index is 4.04. The van der Waals surface area contributed by atoms with Crippen molar-refractivity contribution in [3.8, 4) is 0 Å². The van der Waals surface area contributed by atoms with Crippen LogP contribution in [0.4, 0.5) is 0 Å². The van der Waals surface area contributed by atoms with Crippen LogP contribution in [0, 0.1) is 0 Å². The first-order valence-electron chi connectivity index (χ1n) is 5.44. The van der Waals surface area contributed by atoms with Crippen molar-refractivity contribution in [1.82, 2.24) is 4.90 Å². The largest absolute Gasteiger partial charge is 0.320 e. The van der Waals surface area contributed by atoms with E-state index in [1.807, 2.05) is 0 Å². The van der Waals surface area contributed by atoms with E-state index >= 15 is 0 Å². The lowest BCUT2D eigenvalue weighted by Crippen LogP contribution is -2.34. The van der Waals surface area contributed by atoms with Crippen molar-refractivity contribution in [3.05, 3.63) is 25.6 Å². The van der Waals surface area contributed by atoms with Crippen LogP contribution in [0.2, 0.25) is 0 Å². The van der Waals surface area contributed by atoms with Gasteiger partial charge in [-0.2, -0.15) is 0 Å². The lowest BCUT2D eigenvalue weighted by molar-refractivity contribution is 0.331. The maximum Gasteiger partial charge on any atom is 0.0958 e. The average molecular weight is 205 g/mol. The van der Waals surface area contributed by atoms with Crippen molar-refractivity contribution in [3.63, 3.8) is 0 Å². The van der Waals surface area contributed by atoms with E-state index in [1.54, 1.807) is 12.7 Å². The zero-order chi connectivity index (χ0) is 10.9. The molecule has 0 spiro atoms. The van der Waals surface area contributed by atoms with Crippen molar-refractivity contribution in [2.75, 3.05) is 0 Å². The third kappa shape index (κ3) is 4.11. The summed E-state index contributed by atoms with van der Waals surface area (Å²) >= 11 is 0. The molecule has 0 aromatic heterocycles. The van der Waals surface area contributed by atoms with Gasteiger partial charge in [0.1, 0.15) is 0 Å². The zero-order valence-corrected chi connectivity index (χ0v) is 9.18. The molecule has 15 heavy (non-hydrogen) atoms. The van der Waals surface area contributed by atoms with Gasteiger partial charge in [0.2, 0.25) is 0 Å². The number of hydrogen-bond acceptors (Lipinski definition) is 2. The van der Waals surface area contributed by atoms with Crippen molar-refractivity contribution >= 4 is 12.7 Å². The molecule has 1 aliphatic rings. The van der Waals surface area contributed by atoms with Crippen LogP contribution >= 0.6 is 0 Å². The van der Waals surface area contributed by atoms with Gasteiger partial charge >= 0.3 is 0 Å². The van der Waals surface area contributed by atoms with Gasteiger partial charge in [0.25, 0.3) is 0 Å². The van der Waals surface area contributed by atoms with Gasteiger partial charge in [-0.15, -0.1) is 0 Å². The summed E-state index contributed by atoms with van der Waals surface area (Å²) in [5.41, 5.74) is 0. The first-order chi connectivity index (χ1) is 7.38. The van der Waals surface area contributed by atoms with Crippen molar-refractivity contribution in [2.45, 2.75) is 38.1 Å². The quantitative estimate of drug-likeness (QED) is 0.501. The second kappa shape index (κ2) is 6.98. The second-order valence-electron chi connectivity index (χ2n) is 3.63. The molecule has 3 nitrogen and oxygen atoms in total. The van der Waals surface area contributed by atoms with Gasteiger partial charge in [-0.1, -0.05) is 32.4 Å². The van der Waals surface area contributed by atoms with E-state index in [0.717, 1.165) is 0 Å². The molecule has 0 atom stereocenters. The molecule has 0 saturated heterocycles. The van der Waals surface area contributed by atoms with Crippen LogP contribution in [0.25, 0.3) is 0 Å². The van der Waals surface area contributed by atoms with Crippen LogP contribution in [0.5, 0.6) is 0 Å². The average Bonchev–Trinajstić information content (AvgIpc) is 2.30.